The third-order valence-electron chi connectivity index (χ3n) is 5.70. The SMILES string of the molecule is COc1ccc(C2SCCN2C(=O)Nc2cc(C(F)(F)F)cc(C(F)(F)F)c2)cc1OCc1ccccc1. The largest absolute Gasteiger partial charge is 0.493 e. The maximum Gasteiger partial charge on any atom is 0.416 e. The number of alkyl halides is 6. The topological polar surface area (TPSA) is 50.8 Å². The van der Waals surface area contributed by atoms with Crippen molar-refractivity contribution in [3.8, 4) is 11.5 Å². The molecule has 3 aromatic rings. The molecule has 0 aromatic heterocycles. The van der Waals surface area contributed by atoms with Gasteiger partial charge in [-0.1, -0.05) is 36.4 Å². The Kier molecular flexibility index (Phi) is 8.00. The zero-order valence-electron chi connectivity index (χ0n) is 19.9. The Morgan fingerprint density at radius 2 is 1.61 bits per heavy atom. The third-order valence-corrected chi connectivity index (χ3v) is 6.96. The predicted octanol–water partition coefficient (Wildman–Crippen LogP) is 7.59. The molecule has 1 fully saturated rings. The van der Waals surface area contributed by atoms with Crippen molar-refractivity contribution in [2.24, 2.45) is 0 Å². The van der Waals surface area contributed by atoms with E-state index in [1.54, 1.807) is 18.2 Å². The summed E-state index contributed by atoms with van der Waals surface area (Å²) in [6, 6.07) is 14.7. The first kappa shape index (κ1) is 27.5. The fourth-order valence-corrected chi connectivity index (χ4v) is 5.12. The molecule has 1 saturated heterocycles. The van der Waals surface area contributed by atoms with Gasteiger partial charge < -0.3 is 19.7 Å². The molecule has 4 rings (SSSR count). The lowest BCUT2D eigenvalue weighted by Crippen LogP contribution is -2.34. The lowest BCUT2D eigenvalue weighted by molar-refractivity contribution is -0.143. The first-order chi connectivity index (χ1) is 18.0. The Morgan fingerprint density at radius 3 is 2.21 bits per heavy atom. The van der Waals surface area contributed by atoms with E-state index in [0.717, 1.165) is 5.56 Å². The van der Waals surface area contributed by atoms with Crippen LogP contribution >= 0.6 is 11.8 Å². The number of rotatable bonds is 6. The second-order valence-corrected chi connectivity index (χ2v) is 9.51. The summed E-state index contributed by atoms with van der Waals surface area (Å²) < 4.78 is 90.6. The molecule has 1 unspecified atom stereocenters. The van der Waals surface area contributed by atoms with Gasteiger partial charge in [-0.25, -0.2) is 4.79 Å². The van der Waals surface area contributed by atoms with E-state index in [-0.39, 0.29) is 19.2 Å². The van der Waals surface area contributed by atoms with Crippen molar-refractivity contribution in [3.05, 3.63) is 89.0 Å². The van der Waals surface area contributed by atoms with Crippen molar-refractivity contribution >= 4 is 23.5 Å². The number of amides is 2. The lowest BCUT2D eigenvalue weighted by atomic mass is 10.1. The van der Waals surface area contributed by atoms with E-state index in [1.807, 2.05) is 30.3 Å². The molecule has 1 atom stereocenters. The summed E-state index contributed by atoms with van der Waals surface area (Å²) in [5.74, 6) is 1.41. The maximum atomic E-state index is 13.2. The van der Waals surface area contributed by atoms with Gasteiger partial charge in [0.05, 0.1) is 18.2 Å². The number of carbonyl (C=O) groups is 1. The van der Waals surface area contributed by atoms with E-state index in [0.29, 0.717) is 34.9 Å². The molecular weight excluding hydrogens is 534 g/mol. The van der Waals surface area contributed by atoms with Crippen molar-refractivity contribution in [2.45, 2.75) is 24.3 Å². The summed E-state index contributed by atoms with van der Waals surface area (Å²) in [6.07, 6.45) is -10.0. The molecule has 1 aliphatic rings. The van der Waals surface area contributed by atoms with Crippen LogP contribution < -0.4 is 14.8 Å². The van der Waals surface area contributed by atoms with Crippen molar-refractivity contribution in [1.82, 2.24) is 4.90 Å². The Hall–Kier alpha value is -3.54. The second kappa shape index (κ2) is 11.1. The highest BCUT2D eigenvalue weighted by atomic mass is 32.2. The van der Waals surface area contributed by atoms with E-state index in [4.69, 9.17) is 9.47 Å². The highest BCUT2D eigenvalue weighted by Gasteiger charge is 2.38. The third kappa shape index (κ3) is 6.47. The molecule has 12 heteroatoms. The Morgan fingerprint density at radius 1 is 0.947 bits per heavy atom. The first-order valence-corrected chi connectivity index (χ1v) is 12.3. The van der Waals surface area contributed by atoms with Crippen LogP contribution in [-0.2, 0) is 19.0 Å². The monoisotopic (exact) mass is 556 g/mol. The zero-order valence-corrected chi connectivity index (χ0v) is 20.7. The fraction of sp³-hybridized carbons (Fsp3) is 0.269. The van der Waals surface area contributed by atoms with Crippen LogP contribution in [0.3, 0.4) is 0 Å². The van der Waals surface area contributed by atoms with Crippen molar-refractivity contribution in [2.75, 3.05) is 24.7 Å². The highest BCUT2D eigenvalue weighted by Crippen LogP contribution is 2.42. The summed E-state index contributed by atoms with van der Waals surface area (Å²) in [6.45, 7) is 0.498. The quantitative estimate of drug-likeness (QED) is 0.318. The minimum Gasteiger partial charge on any atom is -0.493 e. The number of methoxy groups -OCH3 is 1. The number of ether oxygens (including phenoxy) is 2. The van der Waals surface area contributed by atoms with Crippen LogP contribution in [0.25, 0.3) is 0 Å². The minimum absolute atomic E-state index is 0.0124. The molecule has 1 N–H and O–H groups in total. The van der Waals surface area contributed by atoms with Crippen LogP contribution in [0, 0.1) is 0 Å². The smallest absolute Gasteiger partial charge is 0.416 e. The number of carbonyl (C=O) groups excluding carboxylic acids is 1. The van der Waals surface area contributed by atoms with Crippen LogP contribution in [0.2, 0.25) is 0 Å². The molecule has 1 heterocycles. The molecule has 3 aromatic carbocycles. The summed E-state index contributed by atoms with van der Waals surface area (Å²) in [4.78, 5) is 14.4. The van der Waals surface area contributed by atoms with Crippen molar-refractivity contribution < 1.29 is 40.6 Å². The number of nitrogens with zero attached hydrogens (tertiary/aromatic N) is 1. The number of urea groups is 1. The van der Waals surface area contributed by atoms with E-state index in [9.17, 15) is 31.1 Å². The van der Waals surface area contributed by atoms with Crippen LogP contribution in [-0.4, -0.2) is 30.3 Å². The number of halogens is 6. The number of anilines is 1. The fourth-order valence-electron chi connectivity index (χ4n) is 3.87. The van der Waals surface area contributed by atoms with Crippen LogP contribution in [0.5, 0.6) is 11.5 Å². The van der Waals surface area contributed by atoms with E-state index < -0.39 is 40.6 Å². The van der Waals surface area contributed by atoms with E-state index in [1.165, 1.54) is 23.8 Å². The van der Waals surface area contributed by atoms with Crippen molar-refractivity contribution in [1.29, 1.82) is 0 Å². The number of hydrogen-bond donors (Lipinski definition) is 1. The maximum absolute atomic E-state index is 13.2. The molecule has 1 aliphatic heterocycles. The molecule has 2 amide bonds. The average molecular weight is 557 g/mol. The van der Waals surface area contributed by atoms with Gasteiger partial charge in [-0.2, -0.15) is 26.3 Å². The molecule has 202 valence electrons. The van der Waals surface area contributed by atoms with Crippen molar-refractivity contribution in [3.63, 3.8) is 0 Å². The Labute approximate surface area is 218 Å². The lowest BCUT2D eigenvalue weighted by Gasteiger charge is -2.25. The summed E-state index contributed by atoms with van der Waals surface area (Å²) >= 11 is 1.40. The van der Waals surface area contributed by atoms with Gasteiger partial charge in [0.25, 0.3) is 0 Å². The first-order valence-electron chi connectivity index (χ1n) is 11.3. The molecular formula is C26H22F6N2O3S. The Bertz CT molecular complexity index is 1250. The van der Waals surface area contributed by atoms with Gasteiger partial charge in [0.1, 0.15) is 12.0 Å². The van der Waals surface area contributed by atoms with Gasteiger partial charge in [-0.05, 0) is 41.5 Å². The molecule has 5 nitrogen and oxygen atoms in total. The van der Waals surface area contributed by atoms with Gasteiger partial charge in [0.15, 0.2) is 11.5 Å². The number of benzene rings is 3. The number of thioether (sulfide) groups is 1. The number of hydrogen-bond acceptors (Lipinski definition) is 4. The molecule has 0 bridgehead atoms. The molecule has 38 heavy (non-hydrogen) atoms. The minimum atomic E-state index is -5.02. The second-order valence-electron chi connectivity index (χ2n) is 8.33. The van der Waals surface area contributed by atoms with Gasteiger partial charge in [0.2, 0.25) is 0 Å². The van der Waals surface area contributed by atoms with E-state index >= 15 is 0 Å². The standard InChI is InChI=1S/C26H22F6N2O3S/c1-36-21-8-7-17(11-22(21)37-15-16-5-3-2-4-6-16)23-34(9-10-38-23)24(35)33-20-13-18(25(27,28)29)12-19(14-20)26(30,31)32/h2-8,11-14,23H,9-10,15H2,1H3,(H,33,35). The Balaban J connectivity index is 1.56. The average Bonchev–Trinajstić information content (AvgIpc) is 3.37. The zero-order chi connectivity index (χ0) is 27.5. The summed E-state index contributed by atoms with van der Waals surface area (Å²) in [5.41, 5.74) is -2.04. The van der Waals surface area contributed by atoms with Crippen LogP contribution in [0.1, 0.15) is 27.6 Å². The van der Waals surface area contributed by atoms with E-state index in [2.05, 4.69) is 5.32 Å². The molecule has 0 saturated carbocycles. The molecule has 0 aliphatic carbocycles. The highest BCUT2D eigenvalue weighted by molar-refractivity contribution is 7.99. The van der Waals surface area contributed by atoms with Crippen LogP contribution in [0.15, 0.2) is 66.7 Å². The van der Waals surface area contributed by atoms with Crippen LogP contribution in [0.4, 0.5) is 36.8 Å². The predicted molar refractivity (Wildman–Crippen MR) is 131 cm³/mol. The molecule has 0 spiro atoms. The van der Waals surface area contributed by atoms with Gasteiger partial charge in [0, 0.05) is 18.0 Å². The number of nitrogens with one attached hydrogen (secondary N) is 1. The van der Waals surface area contributed by atoms with Gasteiger partial charge in [-0.15, -0.1) is 11.8 Å². The van der Waals surface area contributed by atoms with Gasteiger partial charge in [-0.3, -0.25) is 0 Å². The summed E-state index contributed by atoms with van der Waals surface area (Å²) in [5, 5.41) is 1.66. The normalized spacial score (nSPS) is 15.9. The van der Waals surface area contributed by atoms with Gasteiger partial charge >= 0.3 is 18.4 Å². The molecule has 0 radical (unpaired) electrons. The summed E-state index contributed by atoms with van der Waals surface area (Å²) in [7, 11) is 1.48.